The first kappa shape index (κ1) is 13.8. The van der Waals surface area contributed by atoms with E-state index in [9.17, 15) is 9.59 Å². The maximum atomic E-state index is 12.0. The van der Waals surface area contributed by atoms with Gasteiger partial charge in [-0.2, -0.15) is 0 Å². The molecule has 1 saturated heterocycles. The fourth-order valence-corrected chi connectivity index (χ4v) is 2.42. The van der Waals surface area contributed by atoms with E-state index in [0.29, 0.717) is 11.9 Å². The van der Waals surface area contributed by atoms with Crippen LogP contribution in [0.3, 0.4) is 0 Å². The van der Waals surface area contributed by atoms with E-state index >= 15 is 0 Å². The van der Waals surface area contributed by atoms with Gasteiger partial charge in [-0.25, -0.2) is 9.48 Å². The minimum Gasteiger partial charge on any atom is -0.352 e. The van der Waals surface area contributed by atoms with Crippen LogP contribution in [0.1, 0.15) is 19.3 Å². The van der Waals surface area contributed by atoms with Crippen LogP contribution < -0.4 is 21.5 Å². The number of piperidine rings is 1. The smallest absolute Gasteiger partial charge is 0.346 e. The molecular weight excluding hydrogens is 246 g/mol. The molecule has 19 heavy (non-hydrogen) atoms. The van der Waals surface area contributed by atoms with E-state index in [1.165, 1.54) is 24.6 Å². The third kappa shape index (κ3) is 2.86. The van der Waals surface area contributed by atoms with Crippen LogP contribution in [0.15, 0.2) is 9.59 Å². The molecule has 0 bridgehead atoms. The van der Waals surface area contributed by atoms with Crippen molar-refractivity contribution in [3.05, 3.63) is 20.8 Å². The van der Waals surface area contributed by atoms with Crippen LogP contribution in [0.25, 0.3) is 0 Å². The third-order valence-electron chi connectivity index (χ3n) is 3.57. The second-order valence-corrected chi connectivity index (χ2v) is 5.12. The Labute approximate surface area is 111 Å². The zero-order chi connectivity index (χ0) is 14.0. The summed E-state index contributed by atoms with van der Waals surface area (Å²) in [5.74, 6) is 0.317. The summed E-state index contributed by atoms with van der Waals surface area (Å²) in [6.07, 6.45) is 3.53. The summed E-state index contributed by atoms with van der Waals surface area (Å²) in [7, 11) is 4.87. The Bertz CT molecular complexity index is 556. The highest BCUT2D eigenvalue weighted by molar-refractivity contribution is 5.33. The van der Waals surface area contributed by atoms with Crippen LogP contribution in [-0.4, -0.2) is 40.5 Å². The minimum absolute atomic E-state index is 0.317. The fraction of sp³-hybridized carbons (Fsp3) is 0.750. The van der Waals surface area contributed by atoms with Gasteiger partial charge in [-0.3, -0.25) is 9.36 Å². The molecule has 1 aliphatic rings. The molecular formula is C12H21N5O2. The quantitative estimate of drug-likeness (QED) is 0.765. The van der Waals surface area contributed by atoms with Gasteiger partial charge in [0.2, 0.25) is 5.82 Å². The second-order valence-electron chi connectivity index (χ2n) is 5.12. The van der Waals surface area contributed by atoms with Gasteiger partial charge in [-0.05, 0) is 19.4 Å². The Balaban J connectivity index is 2.21. The summed E-state index contributed by atoms with van der Waals surface area (Å²) in [4.78, 5) is 25.5. The van der Waals surface area contributed by atoms with Crippen molar-refractivity contribution in [1.82, 2.24) is 19.7 Å². The zero-order valence-corrected chi connectivity index (χ0v) is 11.7. The number of anilines is 1. The van der Waals surface area contributed by atoms with Gasteiger partial charge in [0, 0.05) is 33.7 Å². The van der Waals surface area contributed by atoms with Gasteiger partial charge in [-0.15, -0.1) is 5.10 Å². The van der Waals surface area contributed by atoms with Crippen molar-refractivity contribution in [2.45, 2.75) is 25.3 Å². The molecule has 0 amide bonds. The van der Waals surface area contributed by atoms with Crippen molar-refractivity contribution >= 4 is 5.82 Å². The Morgan fingerprint density at radius 1 is 1.37 bits per heavy atom. The molecule has 7 nitrogen and oxygen atoms in total. The lowest BCUT2D eigenvalue weighted by molar-refractivity contribution is 0.401. The fourth-order valence-electron chi connectivity index (χ4n) is 2.42. The number of hydrogen-bond donors (Lipinski definition) is 1. The first-order chi connectivity index (χ1) is 9.00. The molecule has 1 unspecified atom stereocenters. The highest BCUT2D eigenvalue weighted by Crippen LogP contribution is 2.09. The van der Waals surface area contributed by atoms with Gasteiger partial charge in [-0.1, -0.05) is 6.42 Å². The van der Waals surface area contributed by atoms with Gasteiger partial charge in [0.05, 0.1) is 0 Å². The largest absolute Gasteiger partial charge is 0.352 e. The Hall–Kier alpha value is -1.63. The van der Waals surface area contributed by atoms with Crippen LogP contribution in [0.4, 0.5) is 5.82 Å². The Morgan fingerprint density at radius 2 is 2.11 bits per heavy atom. The average molecular weight is 267 g/mol. The first-order valence-corrected chi connectivity index (χ1v) is 6.59. The highest BCUT2D eigenvalue weighted by atomic mass is 16.2. The summed E-state index contributed by atoms with van der Waals surface area (Å²) in [5, 5.41) is 7.50. The van der Waals surface area contributed by atoms with Gasteiger partial charge < -0.3 is 10.2 Å². The van der Waals surface area contributed by atoms with Gasteiger partial charge >= 0.3 is 5.69 Å². The summed E-state index contributed by atoms with van der Waals surface area (Å²) in [5.41, 5.74) is -0.751. The monoisotopic (exact) mass is 267 g/mol. The number of aryl methyl sites for hydroxylation is 1. The molecule has 1 aromatic rings. The lowest BCUT2D eigenvalue weighted by Gasteiger charge is -2.28. The molecule has 1 aromatic heterocycles. The van der Waals surface area contributed by atoms with Crippen LogP contribution in [0.2, 0.25) is 0 Å². The van der Waals surface area contributed by atoms with Crippen molar-refractivity contribution in [2.24, 2.45) is 14.1 Å². The van der Waals surface area contributed by atoms with E-state index in [2.05, 4.69) is 10.4 Å². The average Bonchev–Trinajstić information content (AvgIpc) is 2.41. The number of nitrogens with zero attached hydrogens (tertiary/aromatic N) is 4. The predicted octanol–water partition coefficient (Wildman–Crippen LogP) is -0.943. The zero-order valence-electron chi connectivity index (χ0n) is 11.7. The van der Waals surface area contributed by atoms with Crippen LogP contribution in [0.5, 0.6) is 0 Å². The molecule has 0 radical (unpaired) electrons. The van der Waals surface area contributed by atoms with E-state index < -0.39 is 5.69 Å². The lowest BCUT2D eigenvalue weighted by Crippen LogP contribution is -2.47. The van der Waals surface area contributed by atoms with E-state index in [1.54, 1.807) is 7.05 Å². The summed E-state index contributed by atoms with van der Waals surface area (Å²) >= 11 is 0. The van der Waals surface area contributed by atoms with Crippen LogP contribution in [0, 0.1) is 0 Å². The minimum atomic E-state index is -0.405. The lowest BCUT2D eigenvalue weighted by atomic mass is 10.0. The maximum absolute atomic E-state index is 12.0. The van der Waals surface area contributed by atoms with Crippen molar-refractivity contribution in [3.63, 3.8) is 0 Å². The second kappa shape index (κ2) is 5.56. The van der Waals surface area contributed by atoms with E-state index in [1.807, 2.05) is 11.9 Å². The standard InChI is InChI=1S/C12H21N5O2/c1-15(8-9-6-4-5-7-13-9)10-11(18)16(2)12(19)17(3)14-10/h9,13H,4-8H2,1-3H3. The molecule has 7 heteroatoms. The van der Waals surface area contributed by atoms with Crippen LogP contribution in [-0.2, 0) is 14.1 Å². The molecule has 1 aliphatic heterocycles. The number of nitrogens with one attached hydrogen (secondary N) is 1. The SMILES string of the molecule is CN(CC1CCCCN1)c1nn(C)c(=O)n(C)c1=O. The van der Waals surface area contributed by atoms with Crippen molar-refractivity contribution in [3.8, 4) is 0 Å². The molecule has 1 N–H and O–H groups in total. The molecule has 0 spiro atoms. The molecule has 0 aromatic carbocycles. The van der Waals surface area contributed by atoms with Gasteiger partial charge in [0.1, 0.15) is 0 Å². The van der Waals surface area contributed by atoms with Crippen molar-refractivity contribution in [1.29, 1.82) is 0 Å². The van der Waals surface area contributed by atoms with E-state index in [4.69, 9.17) is 0 Å². The predicted molar refractivity (Wildman–Crippen MR) is 73.6 cm³/mol. The molecule has 1 fully saturated rings. The molecule has 106 valence electrons. The van der Waals surface area contributed by atoms with Gasteiger partial charge in [0.15, 0.2) is 0 Å². The number of likely N-dealkylation sites (N-methyl/N-ethyl adjacent to an activating group) is 1. The van der Waals surface area contributed by atoms with E-state index in [-0.39, 0.29) is 5.56 Å². The Kier molecular flexibility index (Phi) is 4.04. The molecule has 0 aliphatic carbocycles. The number of rotatable bonds is 3. The summed E-state index contributed by atoms with van der Waals surface area (Å²) in [6, 6.07) is 0.377. The van der Waals surface area contributed by atoms with Crippen molar-refractivity contribution < 1.29 is 0 Å². The highest BCUT2D eigenvalue weighted by Gasteiger charge is 2.18. The molecule has 2 rings (SSSR count). The maximum Gasteiger partial charge on any atom is 0.346 e. The topological polar surface area (TPSA) is 72.2 Å². The molecule has 2 heterocycles. The van der Waals surface area contributed by atoms with Crippen LogP contribution >= 0.6 is 0 Å². The van der Waals surface area contributed by atoms with E-state index in [0.717, 1.165) is 24.1 Å². The first-order valence-electron chi connectivity index (χ1n) is 6.59. The summed E-state index contributed by atoms with van der Waals surface area (Å²) in [6.45, 7) is 1.75. The molecule has 1 atom stereocenters. The normalized spacial score (nSPS) is 19.4. The third-order valence-corrected chi connectivity index (χ3v) is 3.57. The summed E-state index contributed by atoms with van der Waals surface area (Å²) < 4.78 is 2.29. The Morgan fingerprint density at radius 3 is 2.74 bits per heavy atom. The number of hydrogen-bond acceptors (Lipinski definition) is 5. The molecule has 0 saturated carbocycles. The number of aromatic nitrogens is 3. The van der Waals surface area contributed by atoms with Crippen molar-refractivity contribution in [2.75, 3.05) is 25.0 Å². The van der Waals surface area contributed by atoms with Gasteiger partial charge in [0.25, 0.3) is 5.56 Å².